The van der Waals surface area contributed by atoms with Gasteiger partial charge in [0.15, 0.2) is 0 Å². The van der Waals surface area contributed by atoms with Crippen LogP contribution < -0.4 is 0 Å². The molecular weight excluding hydrogens is 192 g/mol. The molecule has 0 aliphatic heterocycles. The number of aromatic nitrogens is 2. The maximum absolute atomic E-state index is 10.8. The monoisotopic (exact) mass is 208 g/mol. The highest BCUT2D eigenvalue weighted by atomic mass is 16.4. The molecule has 0 bridgehead atoms. The van der Waals surface area contributed by atoms with Crippen LogP contribution in [-0.2, 0) is 18.3 Å². The second-order valence-electron chi connectivity index (χ2n) is 4.43. The Hall–Kier alpha value is -1.32. The van der Waals surface area contributed by atoms with E-state index in [1.165, 1.54) is 5.56 Å². The van der Waals surface area contributed by atoms with E-state index in [1.807, 2.05) is 13.2 Å². The van der Waals surface area contributed by atoms with E-state index in [-0.39, 0.29) is 12.3 Å². The molecule has 0 amide bonds. The molecule has 1 aliphatic rings. The summed E-state index contributed by atoms with van der Waals surface area (Å²) in [5, 5.41) is 13.3. The fourth-order valence-corrected chi connectivity index (χ4v) is 2.40. The van der Waals surface area contributed by atoms with Crippen molar-refractivity contribution in [2.45, 2.75) is 32.1 Å². The molecule has 4 nitrogen and oxygen atoms in total. The predicted molar refractivity (Wildman–Crippen MR) is 55.7 cm³/mol. The summed E-state index contributed by atoms with van der Waals surface area (Å²) in [7, 11) is 1.89. The van der Waals surface area contributed by atoms with Crippen molar-refractivity contribution in [2.75, 3.05) is 0 Å². The zero-order chi connectivity index (χ0) is 11.0. The first-order valence-electron chi connectivity index (χ1n) is 5.32. The molecule has 0 spiro atoms. The van der Waals surface area contributed by atoms with Gasteiger partial charge < -0.3 is 5.11 Å². The summed E-state index contributed by atoms with van der Waals surface area (Å²) in [5.41, 5.74) is 2.22. The maximum Gasteiger partial charge on any atom is 0.304 e. The summed E-state index contributed by atoms with van der Waals surface area (Å²) >= 11 is 0. The van der Waals surface area contributed by atoms with Crippen molar-refractivity contribution in [1.82, 2.24) is 9.78 Å². The predicted octanol–water partition coefficient (Wildman–Crippen LogP) is 1.56. The van der Waals surface area contributed by atoms with Gasteiger partial charge in [0.1, 0.15) is 0 Å². The Morgan fingerprint density at radius 2 is 2.47 bits per heavy atom. The molecule has 1 heterocycles. The number of carboxylic acids is 1. The van der Waals surface area contributed by atoms with Crippen LogP contribution in [0.3, 0.4) is 0 Å². The van der Waals surface area contributed by atoms with Gasteiger partial charge in [0.25, 0.3) is 0 Å². The SMILES string of the molecule is CC1CCc2cn(C)nc2C1CC(=O)O. The number of rotatable bonds is 2. The highest BCUT2D eigenvalue weighted by Gasteiger charge is 2.30. The van der Waals surface area contributed by atoms with Gasteiger partial charge in [-0.1, -0.05) is 6.92 Å². The summed E-state index contributed by atoms with van der Waals surface area (Å²) < 4.78 is 1.79. The highest BCUT2D eigenvalue weighted by Crippen LogP contribution is 2.37. The quantitative estimate of drug-likeness (QED) is 0.802. The smallest absolute Gasteiger partial charge is 0.304 e. The van der Waals surface area contributed by atoms with Crippen LogP contribution in [0.2, 0.25) is 0 Å². The average Bonchev–Trinajstić information content (AvgIpc) is 2.51. The lowest BCUT2D eigenvalue weighted by atomic mass is 9.78. The minimum atomic E-state index is -0.731. The molecule has 1 aromatic heterocycles. The largest absolute Gasteiger partial charge is 0.481 e. The summed E-state index contributed by atoms with van der Waals surface area (Å²) in [6.45, 7) is 2.12. The first-order valence-corrected chi connectivity index (χ1v) is 5.32. The van der Waals surface area contributed by atoms with E-state index < -0.39 is 5.97 Å². The van der Waals surface area contributed by atoms with E-state index in [0.717, 1.165) is 18.5 Å². The van der Waals surface area contributed by atoms with Crippen molar-refractivity contribution in [1.29, 1.82) is 0 Å². The van der Waals surface area contributed by atoms with Gasteiger partial charge in [-0.2, -0.15) is 5.10 Å². The van der Waals surface area contributed by atoms with Crippen LogP contribution in [0, 0.1) is 5.92 Å². The van der Waals surface area contributed by atoms with Crippen molar-refractivity contribution in [3.63, 3.8) is 0 Å². The van der Waals surface area contributed by atoms with E-state index in [0.29, 0.717) is 5.92 Å². The molecule has 0 aromatic carbocycles. The van der Waals surface area contributed by atoms with Crippen molar-refractivity contribution >= 4 is 5.97 Å². The number of hydrogen-bond donors (Lipinski definition) is 1. The van der Waals surface area contributed by atoms with E-state index in [1.54, 1.807) is 4.68 Å². The van der Waals surface area contributed by atoms with Gasteiger partial charge in [0.2, 0.25) is 0 Å². The maximum atomic E-state index is 10.8. The van der Waals surface area contributed by atoms with Gasteiger partial charge in [-0.25, -0.2) is 0 Å². The number of carbonyl (C=O) groups is 1. The number of aryl methyl sites for hydroxylation is 2. The molecule has 0 fully saturated rings. The highest BCUT2D eigenvalue weighted by molar-refractivity contribution is 5.68. The average molecular weight is 208 g/mol. The minimum Gasteiger partial charge on any atom is -0.481 e. The van der Waals surface area contributed by atoms with Crippen LogP contribution >= 0.6 is 0 Å². The van der Waals surface area contributed by atoms with Gasteiger partial charge in [-0.05, 0) is 24.3 Å². The minimum absolute atomic E-state index is 0.0902. The van der Waals surface area contributed by atoms with Gasteiger partial charge in [0, 0.05) is 19.2 Å². The van der Waals surface area contributed by atoms with Crippen LogP contribution in [0.5, 0.6) is 0 Å². The Morgan fingerprint density at radius 3 is 3.13 bits per heavy atom. The zero-order valence-electron chi connectivity index (χ0n) is 9.10. The van der Waals surface area contributed by atoms with Crippen LogP contribution in [0.25, 0.3) is 0 Å². The molecule has 2 rings (SSSR count). The normalized spacial score (nSPS) is 24.9. The molecule has 2 atom stereocenters. The summed E-state index contributed by atoms with van der Waals surface area (Å²) in [4.78, 5) is 10.8. The van der Waals surface area contributed by atoms with Gasteiger partial charge in [0.05, 0.1) is 12.1 Å². The zero-order valence-corrected chi connectivity index (χ0v) is 9.10. The summed E-state index contributed by atoms with van der Waals surface area (Å²) in [6.07, 6.45) is 4.30. The first-order chi connectivity index (χ1) is 7.08. The Kier molecular flexibility index (Phi) is 2.50. The molecule has 1 aliphatic carbocycles. The Labute approximate surface area is 88.9 Å². The van der Waals surface area contributed by atoms with E-state index in [9.17, 15) is 4.79 Å². The Morgan fingerprint density at radius 1 is 1.73 bits per heavy atom. The molecular formula is C11H16N2O2. The molecule has 0 saturated heterocycles. The first kappa shape index (κ1) is 10.2. The van der Waals surface area contributed by atoms with E-state index >= 15 is 0 Å². The fraction of sp³-hybridized carbons (Fsp3) is 0.636. The number of aliphatic carboxylic acids is 1. The fourth-order valence-electron chi connectivity index (χ4n) is 2.40. The molecule has 82 valence electrons. The second kappa shape index (κ2) is 3.68. The van der Waals surface area contributed by atoms with Crippen LogP contribution in [0.4, 0.5) is 0 Å². The molecule has 0 saturated carbocycles. The van der Waals surface area contributed by atoms with Crippen molar-refractivity contribution < 1.29 is 9.90 Å². The van der Waals surface area contributed by atoms with Gasteiger partial charge >= 0.3 is 5.97 Å². The lowest BCUT2D eigenvalue weighted by Gasteiger charge is -2.26. The standard InChI is InChI=1S/C11H16N2O2/c1-7-3-4-8-6-13(2)12-11(8)9(7)5-10(14)15/h6-7,9H,3-5H2,1-2H3,(H,14,15). The summed E-state index contributed by atoms with van der Waals surface area (Å²) in [5.74, 6) is -0.221. The molecule has 1 N–H and O–H groups in total. The number of carboxylic acid groups (broad SMARTS) is 1. The Balaban J connectivity index is 2.32. The van der Waals surface area contributed by atoms with Crippen molar-refractivity contribution in [3.05, 3.63) is 17.5 Å². The van der Waals surface area contributed by atoms with Crippen molar-refractivity contribution in [3.8, 4) is 0 Å². The van der Waals surface area contributed by atoms with Crippen LogP contribution in [0.15, 0.2) is 6.20 Å². The van der Waals surface area contributed by atoms with Gasteiger partial charge in [-0.15, -0.1) is 0 Å². The summed E-state index contributed by atoms with van der Waals surface area (Å²) in [6, 6.07) is 0. The number of hydrogen-bond acceptors (Lipinski definition) is 2. The topological polar surface area (TPSA) is 55.1 Å². The van der Waals surface area contributed by atoms with E-state index in [2.05, 4.69) is 12.0 Å². The Bertz CT molecular complexity index is 384. The van der Waals surface area contributed by atoms with Gasteiger partial charge in [-0.3, -0.25) is 9.48 Å². The second-order valence-corrected chi connectivity index (χ2v) is 4.43. The number of fused-ring (bicyclic) bond motifs is 1. The third kappa shape index (κ3) is 1.89. The molecule has 2 unspecified atom stereocenters. The third-order valence-corrected chi connectivity index (χ3v) is 3.24. The molecule has 1 aromatic rings. The lowest BCUT2D eigenvalue weighted by molar-refractivity contribution is -0.137. The molecule has 4 heteroatoms. The van der Waals surface area contributed by atoms with Crippen LogP contribution in [-0.4, -0.2) is 20.9 Å². The number of nitrogens with zero attached hydrogens (tertiary/aromatic N) is 2. The molecule has 0 radical (unpaired) electrons. The third-order valence-electron chi connectivity index (χ3n) is 3.24. The molecule has 15 heavy (non-hydrogen) atoms. The van der Waals surface area contributed by atoms with Crippen LogP contribution in [0.1, 0.15) is 36.9 Å². The van der Waals surface area contributed by atoms with Crippen molar-refractivity contribution in [2.24, 2.45) is 13.0 Å². The van der Waals surface area contributed by atoms with E-state index in [4.69, 9.17) is 5.11 Å². The lowest BCUT2D eigenvalue weighted by Crippen LogP contribution is -2.20.